The number of urea groups is 1. The SMILES string of the molecule is Cc1csc(C(C)NC(=O)NC(CCO)C(C)C)n1. The molecule has 2 unspecified atom stereocenters. The Bertz CT molecular complexity index is 406. The lowest BCUT2D eigenvalue weighted by atomic mass is 10.0. The van der Waals surface area contributed by atoms with Crippen molar-refractivity contribution >= 4 is 17.4 Å². The summed E-state index contributed by atoms with van der Waals surface area (Å²) < 4.78 is 0. The largest absolute Gasteiger partial charge is 0.396 e. The van der Waals surface area contributed by atoms with Crippen molar-refractivity contribution in [3.63, 3.8) is 0 Å². The van der Waals surface area contributed by atoms with Gasteiger partial charge in [0.2, 0.25) is 0 Å². The van der Waals surface area contributed by atoms with Crippen LogP contribution in [-0.4, -0.2) is 28.8 Å². The zero-order valence-electron chi connectivity index (χ0n) is 11.9. The number of aromatic nitrogens is 1. The van der Waals surface area contributed by atoms with Gasteiger partial charge in [-0.15, -0.1) is 11.3 Å². The van der Waals surface area contributed by atoms with E-state index in [0.29, 0.717) is 6.42 Å². The van der Waals surface area contributed by atoms with Crippen LogP contribution in [0.15, 0.2) is 5.38 Å². The van der Waals surface area contributed by atoms with Gasteiger partial charge in [-0.25, -0.2) is 9.78 Å². The smallest absolute Gasteiger partial charge is 0.315 e. The Morgan fingerprint density at radius 3 is 2.58 bits per heavy atom. The summed E-state index contributed by atoms with van der Waals surface area (Å²) in [6.45, 7) is 7.96. The van der Waals surface area contributed by atoms with Crippen LogP contribution < -0.4 is 10.6 Å². The lowest BCUT2D eigenvalue weighted by Gasteiger charge is -2.22. The molecule has 0 radical (unpaired) electrons. The first-order chi connectivity index (χ1) is 8.93. The van der Waals surface area contributed by atoms with Crippen LogP contribution in [0.3, 0.4) is 0 Å². The Balaban J connectivity index is 2.50. The first-order valence-corrected chi connectivity index (χ1v) is 7.42. The third kappa shape index (κ3) is 5.16. The minimum atomic E-state index is -0.215. The minimum Gasteiger partial charge on any atom is -0.396 e. The standard InChI is InChI=1S/C13H23N3O2S/c1-8(2)11(5-6-17)16-13(18)15-10(4)12-14-9(3)7-19-12/h7-8,10-11,17H,5-6H2,1-4H3,(H2,15,16,18). The highest BCUT2D eigenvalue weighted by atomic mass is 32.1. The van der Waals surface area contributed by atoms with Crippen LogP contribution in [0.5, 0.6) is 0 Å². The number of nitrogens with one attached hydrogen (secondary N) is 2. The van der Waals surface area contributed by atoms with Crippen molar-refractivity contribution in [1.29, 1.82) is 0 Å². The van der Waals surface area contributed by atoms with Crippen LogP contribution in [0.1, 0.15) is 43.9 Å². The maximum atomic E-state index is 11.9. The second kappa shape index (κ2) is 7.45. The molecule has 2 atom stereocenters. The summed E-state index contributed by atoms with van der Waals surface area (Å²) in [4.78, 5) is 16.2. The molecule has 5 nitrogen and oxygen atoms in total. The van der Waals surface area contributed by atoms with Crippen LogP contribution in [0.25, 0.3) is 0 Å². The van der Waals surface area contributed by atoms with Crippen LogP contribution in [0.2, 0.25) is 0 Å². The zero-order valence-corrected chi connectivity index (χ0v) is 12.8. The molecule has 2 amide bonds. The third-order valence-corrected chi connectivity index (χ3v) is 4.06. The number of hydrogen-bond acceptors (Lipinski definition) is 4. The number of aliphatic hydroxyl groups is 1. The average Bonchev–Trinajstić information content (AvgIpc) is 2.75. The fourth-order valence-electron chi connectivity index (χ4n) is 1.75. The molecule has 0 aliphatic rings. The van der Waals surface area contributed by atoms with Crippen LogP contribution in [-0.2, 0) is 0 Å². The molecule has 0 aliphatic carbocycles. The van der Waals surface area contributed by atoms with Gasteiger partial charge in [0, 0.05) is 23.7 Å². The number of hydrogen-bond donors (Lipinski definition) is 3. The number of amides is 2. The van der Waals surface area contributed by atoms with Crippen LogP contribution >= 0.6 is 11.3 Å². The van der Waals surface area contributed by atoms with E-state index in [0.717, 1.165) is 10.7 Å². The van der Waals surface area contributed by atoms with E-state index in [1.54, 1.807) is 11.3 Å². The quantitative estimate of drug-likeness (QED) is 0.750. The van der Waals surface area contributed by atoms with E-state index in [1.165, 1.54) is 0 Å². The van der Waals surface area contributed by atoms with Crippen molar-refractivity contribution in [1.82, 2.24) is 15.6 Å². The molecule has 0 aromatic carbocycles. The van der Waals surface area contributed by atoms with E-state index in [-0.39, 0.29) is 30.6 Å². The number of nitrogens with zero attached hydrogens (tertiary/aromatic N) is 1. The summed E-state index contributed by atoms with van der Waals surface area (Å²) in [6, 6.07) is -0.344. The van der Waals surface area contributed by atoms with Gasteiger partial charge in [-0.1, -0.05) is 13.8 Å². The van der Waals surface area contributed by atoms with Crippen molar-refractivity contribution in [2.24, 2.45) is 5.92 Å². The molecule has 0 saturated heterocycles. The number of aryl methyl sites for hydroxylation is 1. The van der Waals surface area contributed by atoms with Gasteiger partial charge in [-0.3, -0.25) is 0 Å². The lowest BCUT2D eigenvalue weighted by Crippen LogP contribution is -2.45. The highest BCUT2D eigenvalue weighted by Gasteiger charge is 2.18. The molecular formula is C13H23N3O2S. The number of carbonyl (C=O) groups is 1. The molecule has 1 aromatic rings. The fraction of sp³-hybridized carbons (Fsp3) is 0.692. The van der Waals surface area contributed by atoms with Gasteiger partial charge in [0.25, 0.3) is 0 Å². The molecule has 0 bridgehead atoms. The highest BCUT2D eigenvalue weighted by Crippen LogP contribution is 2.17. The molecule has 19 heavy (non-hydrogen) atoms. The summed E-state index contributed by atoms with van der Waals surface area (Å²) in [5.74, 6) is 0.287. The first kappa shape index (κ1) is 15.9. The summed E-state index contributed by atoms with van der Waals surface area (Å²) in [6.07, 6.45) is 0.565. The molecule has 1 heterocycles. The van der Waals surface area contributed by atoms with Crippen molar-refractivity contribution in [2.75, 3.05) is 6.61 Å². The summed E-state index contributed by atoms with van der Waals surface area (Å²) in [7, 11) is 0. The van der Waals surface area contributed by atoms with E-state index >= 15 is 0 Å². The predicted octanol–water partition coefficient (Wildman–Crippen LogP) is 2.22. The molecule has 3 N–H and O–H groups in total. The second-order valence-electron chi connectivity index (χ2n) is 5.03. The highest BCUT2D eigenvalue weighted by molar-refractivity contribution is 7.09. The topological polar surface area (TPSA) is 74.2 Å². The lowest BCUT2D eigenvalue weighted by molar-refractivity contribution is 0.216. The molecule has 1 aromatic heterocycles. The van der Waals surface area contributed by atoms with Crippen molar-refractivity contribution < 1.29 is 9.90 Å². The Morgan fingerprint density at radius 1 is 1.42 bits per heavy atom. The van der Waals surface area contributed by atoms with E-state index in [2.05, 4.69) is 15.6 Å². The summed E-state index contributed by atoms with van der Waals surface area (Å²) in [5, 5.41) is 17.6. The average molecular weight is 285 g/mol. The van der Waals surface area contributed by atoms with Gasteiger partial charge < -0.3 is 15.7 Å². The number of carbonyl (C=O) groups excluding carboxylic acids is 1. The van der Waals surface area contributed by atoms with Crippen LogP contribution in [0.4, 0.5) is 4.79 Å². The van der Waals surface area contributed by atoms with Gasteiger partial charge in [0.05, 0.1) is 6.04 Å². The minimum absolute atomic E-state index is 0.0183. The van der Waals surface area contributed by atoms with Crippen molar-refractivity contribution in [3.8, 4) is 0 Å². The van der Waals surface area contributed by atoms with Gasteiger partial charge in [0.15, 0.2) is 0 Å². The molecule has 0 saturated carbocycles. The molecular weight excluding hydrogens is 262 g/mol. The van der Waals surface area contributed by atoms with E-state index in [4.69, 9.17) is 5.11 Å². The van der Waals surface area contributed by atoms with Crippen molar-refractivity contribution in [2.45, 2.75) is 46.2 Å². The van der Waals surface area contributed by atoms with E-state index < -0.39 is 0 Å². The molecule has 6 heteroatoms. The maximum Gasteiger partial charge on any atom is 0.315 e. The Labute approximate surface area is 118 Å². The summed E-state index contributed by atoms with van der Waals surface area (Å²) >= 11 is 1.54. The van der Waals surface area contributed by atoms with E-state index in [9.17, 15) is 4.79 Å². The van der Waals surface area contributed by atoms with E-state index in [1.807, 2.05) is 33.1 Å². The zero-order chi connectivity index (χ0) is 14.4. The second-order valence-corrected chi connectivity index (χ2v) is 5.92. The number of aliphatic hydroxyl groups excluding tert-OH is 1. The number of rotatable bonds is 6. The molecule has 0 fully saturated rings. The fourth-order valence-corrected chi connectivity index (χ4v) is 2.55. The van der Waals surface area contributed by atoms with Gasteiger partial charge in [-0.2, -0.15) is 0 Å². The molecule has 0 aliphatic heterocycles. The first-order valence-electron chi connectivity index (χ1n) is 6.54. The molecule has 1 rings (SSSR count). The van der Waals surface area contributed by atoms with Crippen LogP contribution in [0, 0.1) is 12.8 Å². The van der Waals surface area contributed by atoms with Gasteiger partial charge in [-0.05, 0) is 26.2 Å². The van der Waals surface area contributed by atoms with Crippen molar-refractivity contribution in [3.05, 3.63) is 16.1 Å². The Kier molecular flexibility index (Phi) is 6.24. The Hall–Kier alpha value is -1.14. The number of thiazole rings is 1. The molecule has 108 valence electrons. The van der Waals surface area contributed by atoms with Gasteiger partial charge >= 0.3 is 6.03 Å². The normalized spacial score (nSPS) is 14.2. The third-order valence-electron chi connectivity index (χ3n) is 2.92. The maximum absolute atomic E-state index is 11.9. The monoisotopic (exact) mass is 285 g/mol. The summed E-state index contributed by atoms with van der Waals surface area (Å²) in [5.41, 5.74) is 0.967. The molecule has 0 spiro atoms. The van der Waals surface area contributed by atoms with Gasteiger partial charge in [0.1, 0.15) is 5.01 Å². The Morgan fingerprint density at radius 2 is 2.11 bits per heavy atom. The predicted molar refractivity (Wildman–Crippen MR) is 77.3 cm³/mol.